The molecule has 1 aliphatic carbocycles. The maximum absolute atomic E-state index is 13.9. The number of non-ortho nitro benzene ring substituents is 1. The molecule has 0 radical (unpaired) electrons. The number of nitro benzene ring substituents is 1. The molecule has 5 rings (SSSR count). The highest BCUT2D eigenvalue weighted by Crippen LogP contribution is 2.51. The molecule has 1 atom stereocenters. The zero-order valence-electron chi connectivity index (χ0n) is 21.6. The number of nitrogens with zero attached hydrogens (tertiary/aromatic N) is 2. The second-order valence-electron chi connectivity index (χ2n) is 10.7. The van der Waals surface area contributed by atoms with E-state index < -0.39 is 10.8 Å². The van der Waals surface area contributed by atoms with Gasteiger partial charge < -0.3 is 5.11 Å². The van der Waals surface area contributed by atoms with E-state index in [-0.39, 0.29) is 28.5 Å². The number of allylic oxidation sites excluding steroid dienone is 2. The van der Waals surface area contributed by atoms with Crippen molar-refractivity contribution in [1.82, 2.24) is 0 Å². The zero-order chi connectivity index (χ0) is 27.2. The molecule has 1 unspecified atom stereocenters. The van der Waals surface area contributed by atoms with Crippen LogP contribution in [0.2, 0.25) is 0 Å². The molecule has 3 aromatic rings. The van der Waals surface area contributed by atoms with Crippen LogP contribution in [0, 0.1) is 27.9 Å². The lowest BCUT2D eigenvalue weighted by atomic mass is 9.67. The molecule has 0 spiro atoms. The van der Waals surface area contributed by atoms with Gasteiger partial charge in [0.1, 0.15) is 11.6 Å². The average Bonchev–Trinajstić information content (AvgIpc) is 2.88. The molecule has 1 heterocycles. The van der Waals surface area contributed by atoms with E-state index in [1.165, 1.54) is 12.1 Å². The Balaban J connectivity index is 1.83. The van der Waals surface area contributed by atoms with Gasteiger partial charge in [0.05, 0.1) is 4.92 Å². The number of ketones is 1. The number of carbonyl (C=O) groups is 1. The van der Waals surface area contributed by atoms with Crippen molar-refractivity contribution in [3.05, 3.63) is 123 Å². The van der Waals surface area contributed by atoms with Gasteiger partial charge in [0, 0.05) is 52.6 Å². The summed E-state index contributed by atoms with van der Waals surface area (Å²) in [5, 5.41) is 32.4. The summed E-state index contributed by atoms with van der Waals surface area (Å²) < 4.78 is 0. The van der Waals surface area contributed by atoms with Gasteiger partial charge in [-0.05, 0) is 36.5 Å². The number of anilines is 1. The van der Waals surface area contributed by atoms with Gasteiger partial charge >= 0.3 is 0 Å². The average molecular weight is 508 g/mol. The molecule has 0 fully saturated rings. The molecule has 0 amide bonds. The van der Waals surface area contributed by atoms with Crippen LogP contribution in [0.3, 0.4) is 0 Å². The van der Waals surface area contributed by atoms with Crippen molar-refractivity contribution < 1.29 is 14.8 Å². The second-order valence-corrected chi connectivity index (χ2v) is 10.7. The molecule has 0 aromatic heterocycles. The van der Waals surface area contributed by atoms with Crippen molar-refractivity contribution in [2.45, 2.75) is 39.5 Å². The summed E-state index contributed by atoms with van der Waals surface area (Å²) in [6, 6.07) is 22.8. The van der Waals surface area contributed by atoms with Gasteiger partial charge in [0.2, 0.25) is 0 Å². The number of aryl methyl sites for hydroxylation is 1. The largest absolute Gasteiger partial charge is 0.507 e. The highest BCUT2D eigenvalue weighted by atomic mass is 16.6. The van der Waals surface area contributed by atoms with E-state index in [0.717, 1.165) is 11.1 Å². The summed E-state index contributed by atoms with van der Waals surface area (Å²) in [5.41, 5.74) is 4.13. The number of aliphatic hydroxyl groups excluding tert-OH is 1. The minimum absolute atomic E-state index is 0.0281. The van der Waals surface area contributed by atoms with E-state index >= 15 is 0 Å². The number of nitrogens with one attached hydrogen (secondary N) is 1. The van der Waals surface area contributed by atoms with E-state index in [2.05, 4.69) is 0 Å². The molecule has 192 valence electrons. The fraction of sp³-hybridized carbons (Fsp3) is 0.226. The van der Waals surface area contributed by atoms with Gasteiger partial charge in [0.25, 0.3) is 5.69 Å². The predicted molar refractivity (Wildman–Crippen MR) is 148 cm³/mol. The number of amidine groups is 1. The van der Waals surface area contributed by atoms with Crippen molar-refractivity contribution in [3.8, 4) is 0 Å². The molecule has 7 nitrogen and oxygen atoms in total. The summed E-state index contributed by atoms with van der Waals surface area (Å²) in [6.45, 7) is 6.04. The van der Waals surface area contributed by atoms with E-state index in [1.807, 2.05) is 63.2 Å². The monoisotopic (exact) mass is 507 g/mol. The first kappa shape index (κ1) is 25.1. The van der Waals surface area contributed by atoms with Gasteiger partial charge in [0.15, 0.2) is 5.78 Å². The Kier molecular flexibility index (Phi) is 6.23. The number of nitro groups is 1. The number of aliphatic hydroxyl groups is 1. The summed E-state index contributed by atoms with van der Waals surface area (Å²) >= 11 is 0. The SMILES string of the molecule is Cc1ccc(C2C3=C(CC(C)(C)CC3=O)N(c3ccc([N+](=O)[O-])cc3)C(=N)/C2=C(/O)c2ccccc2)cc1. The van der Waals surface area contributed by atoms with Crippen LogP contribution < -0.4 is 4.90 Å². The minimum Gasteiger partial charge on any atom is -0.507 e. The van der Waals surface area contributed by atoms with E-state index in [9.17, 15) is 25.4 Å². The van der Waals surface area contributed by atoms with Crippen LogP contribution in [0.1, 0.15) is 49.3 Å². The highest BCUT2D eigenvalue weighted by molar-refractivity contribution is 6.19. The van der Waals surface area contributed by atoms with Gasteiger partial charge in [-0.3, -0.25) is 25.2 Å². The highest BCUT2D eigenvalue weighted by Gasteiger charge is 2.46. The van der Waals surface area contributed by atoms with Crippen molar-refractivity contribution in [2.24, 2.45) is 5.41 Å². The van der Waals surface area contributed by atoms with Crippen LogP contribution in [0.4, 0.5) is 11.4 Å². The summed E-state index contributed by atoms with van der Waals surface area (Å²) in [6.07, 6.45) is 0.879. The molecule has 0 bridgehead atoms. The van der Waals surface area contributed by atoms with Crippen molar-refractivity contribution in [1.29, 1.82) is 5.41 Å². The smallest absolute Gasteiger partial charge is 0.269 e. The number of Topliss-reactive ketones (excluding diaryl/α,β-unsaturated/α-hetero) is 1. The number of benzene rings is 3. The fourth-order valence-electron chi connectivity index (χ4n) is 5.47. The number of hydrogen-bond acceptors (Lipinski definition) is 5. The Bertz CT molecular complexity index is 1500. The van der Waals surface area contributed by atoms with E-state index in [1.54, 1.807) is 29.2 Å². The zero-order valence-corrected chi connectivity index (χ0v) is 21.6. The number of hydrogen-bond donors (Lipinski definition) is 2. The second kappa shape index (κ2) is 9.41. The van der Waals surface area contributed by atoms with Crippen LogP contribution in [0.5, 0.6) is 0 Å². The molecule has 0 saturated carbocycles. The number of carbonyl (C=O) groups excluding carboxylic acids is 1. The molecule has 7 heteroatoms. The summed E-state index contributed by atoms with van der Waals surface area (Å²) in [7, 11) is 0. The van der Waals surface area contributed by atoms with Crippen LogP contribution in [0.15, 0.2) is 95.7 Å². The van der Waals surface area contributed by atoms with E-state index in [4.69, 9.17) is 0 Å². The third-order valence-electron chi connectivity index (χ3n) is 7.25. The van der Waals surface area contributed by atoms with Crippen LogP contribution in [0.25, 0.3) is 5.76 Å². The maximum Gasteiger partial charge on any atom is 0.269 e. The van der Waals surface area contributed by atoms with Crippen LogP contribution in [-0.4, -0.2) is 21.6 Å². The molecular weight excluding hydrogens is 478 g/mol. The van der Waals surface area contributed by atoms with Gasteiger partial charge in [-0.1, -0.05) is 74.0 Å². The third kappa shape index (κ3) is 4.41. The molecule has 1 aliphatic heterocycles. The van der Waals surface area contributed by atoms with Crippen LogP contribution in [-0.2, 0) is 4.79 Å². The van der Waals surface area contributed by atoms with Crippen LogP contribution >= 0.6 is 0 Å². The molecular formula is C31H29N3O4. The van der Waals surface area contributed by atoms with Crippen molar-refractivity contribution in [3.63, 3.8) is 0 Å². The molecule has 38 heavy (non-hydrogen) atoms. The molecule has 2 N–H and O–H groups in total. The van der Waals surface area contributed by atoms with Gasteiger partial charge in [-0.25, -0.2) is 0 Å². The topological polar surface area (TPSA) is 108 Å². The lowest BCUT2D eigenvalue weighted by Gasteiger charge is -2.45. The normalized spacial score (nSPS) is 20.3. The maximum atomic E-state index is 13.9. The Hall–Kier alpha value is -4.52. The first-order valence-corrected chi connectivity index (χ1v) is 12.5. The Morgan fingerprint density at radius 3 is 2.24 bits per heavy atom. The molecule has 2 aliphatic rings. The quantitative estimate of drug-likeness (QED) is 0.223. The van der Waals surface area contributed by atoms with Gasteiger partial charge in [-0.15, -0.1) is 0 Å². The predicted octanol–water partition coefficient (Wildman–Crippen LogP) is 7.10. The molecule has 0 saturated heterocycles. The van der Waals surface area contributed by atoms with Gasteiger partial charge in [-0.2, -0.15) is 0 Å². The Morgan fingerprint density at radius 2 is 1.63 bits per heavy atom. The standard InChI is InChI=1S/C31H29N3O4/c1-19-9-11-20(12-10-19)26-27-24(17-31(2,3)18-25(27)35)33(22-13-15-23(16-14-22)34(37)38)30(32)28(26)29(36)21-7-5-4-6-8-21/h4-16,26,32,36H,17-18H2,1-3H3/b29-28+,32-30?. The first-order chi connectivity index (χ1) is 18.1. The Labute approximate surface area is 221 Å². The number of rotatable bonds is 4. The lowest BCUT2D eigenvalue weighted by Crippen LogP contribution is -2.45. The summed E-state index contributed by atoms with van der Waals surface area (Å²) in [4.78, 5) is 26.4. The van der Waals surface area contributed by atoms with Crippen molar-refractivity contribution >= 4 is 28.8 Å². The fourth-order valence-corrected chi connectivity index (χ4v) is 5.47. The minimum atomic E-state index is -0.629. The first-order valence-electron chi connectivity index (χ1n) is 12.5. The van der Waals surface area contributed by atoms with Crippen molar-refractivity contribution in [2.75, 3.05) is 4.90 Å². The lowest BCUT2D eigenvalue weighted by molar-refractivity contribution is -0.384. The third-order valence-corrected chi connectivity index (χ3v) is 7.25. The Morgan fingerprint density at radius 1 is 1.00 bits per heavy atom. The van der Waals surface area contributed by atoms with E-state index in [0.29, 0.717) is 40.9 Å². The molecule has 3 aromatic carbocycles. The summed E-state index contributed by atoms with van der Waals surface area (Å²) in [5.74, 6) is -0.692.